The first kappa shape index (κ1) is 14.9. The summed E-state index contributed by atoms with van der Waals surface area (Å²) in [5, 5.41) is 2.80. The van der Waals surface area contributed by atoms with Crippen molar-refractivity contribution in [1.82, 2.24) is 9.88 Å². The van der Waals surface area contributed by atoms with Crippen LogP contribution in [0.3, 0.4) is 0 Å². The molecule has 1 unspecified atom stereocenters. The highest BCUT2D eigenvalue weighted by Gasteiger charge is 2.59. The van der Waals surface area contributed by atoms with Crippen LogP contribution in [-0.2, 0) is 4.74 Å². The van der Waals surface area contributed by atoms with Crippen molar-refractivity contribution in [2.45, 2.75) is 38.1 Å². The molecule has 1 aromatic heterocycles. The number of nitrogens with one attached hydrogen (secondary N) is 1. The first-order valence-corrected chi connectivity index (χ1v) is 8.45. The quantitative estimate of drug-likeness (QED) is 0.911. The van der Waals surface area contributed by atoms with Crippen LogP contribution >= 0.6 is 0 Å². The number of pyridine rings is 1. The van der Waals surface area contributed by atoms with Gasteiger partial charge >= 0.3 is 6.03 Å². The number of anilines is 1. The molecule has 0 bridgehead atoms. The molecule has 3 aliphatic rings. The molecule has 1 saturated carbocycles. The van der Waals surface area contributed by atoms with E-state index >= 15 is 0 Å². The van der Waals surface area contributed by atoms with Crippen LogP contribution in [0.5, 0.6) is 0 Å². The van der Waals surface area contributed by atoms with Crippen molar-refractivity contribution in [2.24, 2.45) is 11.3 Å². The lowest BCUT2D eigenvalue weighted by Gasteiger charge is -2.64. The smallest absolute Gasteiger partial charge is 0.323 e. The minimum Gasteiger partial charge on any atom is -0.381 e. The third-order valence-corrected chi connectivity index (χ3v) is 5.73. The Bertz CT molecular complexity index is 582. The fourth-order valence-electron chi connectivity index (χ4n) is 4.45. The van der Waals surface area contributed by atoms with E-state index in [4.69, 9.17) is 4.74 Å². The predicted molar refractivity (Wildman–Crippen MR) is 83.5 cm³/mol. The van der Waals surface area contributed by atoms with Gasteiger partial charge in [-0.2, -0.15) is 0 Å². The van der Waals surface area contributed by atoms with Crippen LogP contribution in [0.15, 0.2) is 18.3 Å². The van der Waals surface area contributed by atoms with Crippen molar-refractivity contribution in [3.63, 3.8) is 0 Å². The monoisotopic (exact) mass is 319 g/mol. The van der Waals surface area contributed by atoms with Gasteiger partial charge < -0.3 is 9.64 Å². The zero-order valence-electron chi connectivity index (χ0n) is 13.1. The van der Waals surface area contributed by atoms with Gasteiger partial charge in [0.05, 0.1) is 6.20 Å². The number of ether oxygens (including phenoxy) is 1. The van der Waals surface area contributed by atoms with Crippen molar-refractivity contribution in [3.05, 3.63) is 24.1 Å². The number of amides is 2. The molecule has 0 radical (unpaired) electrons. The minimum absolute atomic E-state index is 0.113. The SMILES string of the molecule is O=C(Nc1ccc(F)cn1)N1CC2(CCC2)C1C1CCOCC1. The van der Waals surface area contributed by atoms with Crippen molar-refractivity contribution in [1.29, 1.82) is 0 Å². The fraction of sp³-hybridized carbons (Fsp3) is 0.647. The van der Waals surface area contributed by atoms with Crippen LogP contribution in [0.1, 0.15) is 32.1 Å². The summed E-state index contributed by atoms with van der Waals surface area (Å²) >= 11 is 0. The molecular weight excluding hydrogens is 297 g/mol. The number of aromatic nitrogens is 1. The number of rotatable bonds is 2. The number of hydrogen-bond acceptors (Lipinski definition) is 3. The van der Waals surface area contributed by atoms with E-state index in [-0.39, 0.29) is 6.03 Å². The van der Waals surface area contributed by atoms with Crippen LogP contribution in [0.25, 0.3) is 0 Å². The Labute approximate surface area is 135 Å². The molecule has 6 heteroatoms. The van der Waals surface area contributed by atoms with Gasteiger partial charge in [0, 0.05) is 31.2 Å². The lowest BCUT2D eigenvalue weighted by molar-refractivity contribution is -0.135. The van der Waals surface area contributed by atoms with E-state index in [1.165, 1.54) is 31.4 Å². The van der Waals surface area contributed by atoms with Gasteiger partial charge in [-0.3, -0.25) is 5.32 Å². The maximum Gasteiger partial charge on any atom is 0.323 e. The number of nitrogens with zero attached hydrogens (tertiary/aromatic N) is 2. The number of carbonyl (C=O) groups is 1. The highest BCUT2D eigenvalue weighted by Crippen LogP contribution is 2.56. The first-order chi connectivity index (χ1) is 11.2. The first-order valence-electron chi connectivity index (χ1n) is 8.45. The molecule has 2 aliphatic heterocycles. The summed E-state index contributed by atoms with van der Waals surface area (Å²) in [4.78, 5) is 18.5. The van der Waals surface area contributed by atoms with Gasteiger partial charge in [0.2, 0.25) is 0 Å². The summed E-state index contributed by atoms with van der Waals surface area (Å²) in [7, 11) is 0. The Hall–Kier alpha value is -1.69. The molecule has 2 saturated heterocycles. The highest BCUT2D eigenvalue weighted by molar-refractivity contribution is 5.89. The summed E-state index contributed by atoms with van der Waals surface area (Å²) in [6.07, 6.45) is 6.92. The van der Waals surface area contributed by atoms with E-state index in [2.05, 4.69) is 10.3 Å². The van der Waals surface area contributed by atoms with Crippen molar-refractivity contribution in [3.8, 4) is 0 Å². The van der Waals surface area contributed by atoms with Crippen LogP contribution in [-0.4, -0.2) is 41.7 Å². The standard InChI is InChI=1S/C17H22FN3O2/c18-13-2-3-14(19-10-13)20-16(22)21-11-17(6-1-7-17)15(21)12-4-8-23-9-5-12/h2-3,10,12,15H,1,4-9,11H2,(H,19,20,22). The van der Waals surface area contributed by atoms with E-state index < -0.39 is 5.82 Å². The van der Waals surface area contributed by atoms with Gasteiger partial charge in [0.1, 0.15) is 11.6 Å². The van der Waals surface area contributed by atoms with E-state index in [1.54, 1.807) is 0 Å². The third kappa shape index (κ3) is 2.59. The summed E-state index contributed by atoms with van der Waals surface area (Å²) in [6, 6.07) is 3.01. The van der Waals surface area contributed by atoms with Crippen LogP contribution in [0.4, 0.5) is 15.0 Å². The van der Waals surface area contributed by atoms with E-state index in [1.807, 2.05) is 4.90 Å². The van der Waals surface area contributed by atoms with E-state index in [0.29, 0.717) is 23.2 Å². The summed E-state index contributed by atoms with van der Waals surface area (Å²) in [5.41, 5.74) is 0.343. The molecule has 0 aromatic carbocycles. The molecule has 1 spiro atoms. The average Bonchev–Trinajstić information content (AvgIpc) is 2.48. The molecule has 23 heavy (non-hydrogen) atoms. The molecule has 1 aliphatic carbocycles. The average molecular weight is 319 g/mol. The Morgan fingerprint density at radius 1 is 1.35 bits per heavy atom. The molecule has 1 N–H and O–H groups in total. The van der Waals surface area contributed by atoms with Gasteiger partial charge in [-0.15, -0.1) is 0 Å². The molecule has 4 rings (SSSR count). The van der Waals surface area contributed by atoms with Crippen LogP contribution in [0.2, 0.25) is 0 Å². The summed E-state index contributed by atoms with van der Waals surface area (Å²) in [6.45, 7) is 2.43. The maximum atomic E-state index is 12.9. The second kappa shape index (κ2) is 5.74. The molecule has 2 amide bonds. The lowest BCUT2D eigenvalue weighted by Crippen LogP contribution is -2.72. The molecular formula is C17H22FN3O2. The maximum absolute atomic E-state index is 12.9. The topological polar surface area (TPSA) is 54.5 Å². The molecule has 3 heterocycles. The lowest BCUT2D eigenvalue weighted by atomic mass is 9.54. The number of halogens is 1. The minimum atomic E-state index is -0.402. The molecule has 1 atom stereocenters. The van der Waals surface area contributed by atoms with E-state index in [0.717, 1.165) is 38.8 Å². The van der Waals surface area contributed by atoms with Gasteiger partial charge in [0.25, 0.3) is 0 Å². The Morgan fingerprint density at radius 3 is 2.74 bits per heavy atom. The molecule has 3 fully saturated rings. The van der Waals surface area contributed by atoms with Crippen LogP contribution in [0, 0.1) is 17.2 Å². The highest BCUT2D eigenvalue weighted by atomic mass is 19.1. The van der Waals surface area contributed by atoms with Gasteiger partial charge in [0.15, 0.2) is 0 Å². The normalized spacial score (nSPS) is 26.5. The predicted octanol–water partition coefficient (Wildman–Crippen LogP) is 3.03. The molecule has 1 aromatic rings. The van der Waals surface area contributed by atoms with E-state index in [9.17, 15) is 9.18 Å². The zero-order valence-corrected chi connectivity index (χ0v) is 13.1. The van der Waals surface area contributed by atoms with Crippen molar-refractivity contribution in [2.75, 3.05) is 25.1 Å². The van der Waals surface area contributed by atoms with Crippen molar-refractivity contribution >= 4 is 11.8 Å². The largest absolute Gasteiger partial charge is 0.381 e. The second-order valence-corrected chi connectivity index (χ2v) is 7.03. The summed E-state index contributed by atoms with van der Waals surface area (Å²) < 4.78 is 18.4. The van der Waals surface area contributed by atoms with Gasteiger partial charge in [-0.1, -0.05) is 6.42 Å². The number of likely N-dealkylation sites (tertiary alicyclic amines) is 1. The number of urea groups is 1. The Balaban J connectivity index is 1.46. The van der Waals surface area contributed by atoms with Crippen LogP contribution < -0.4 is 5.32 Å². The number of hydrogen-bond donors (Lipinski definition) is 1. The summed E-state index contributed by atoms with van der Waals surface area (Å²) in [5.74, 6) is 0.530. The second-order valence-electron chi connectivity index (χ2n) is 7.03. The zero-order chi connectivity index (χ0) is 15.9. The Morgan fingerprint density at radius 2 is 2.13 bits per heavy atom. The Kier molecular flexibility index (Phi) is 3.71. The van der Waals surface area contributed by atoms with Crippen molar-refractivity contribution < 1.29 is 13.9 Å². The third-order valence-electron chi connectivity index (χ3n) is 5.73. The van der Waals surface area contributed by atoms with Gasteiger partial charge in [-0.05, 0) is 43.7 Å². The van der Waals surface area contributed by atoms with Gasteiger partial charge in [-0.25, -0.2) is 14.2 Å². The molecule has 5 nitrogen and oxygen atoms in total. The molecule has 124 valence electrons. The fourth-order valence-corrected chi connectivity index (χ4v) is 4.45. The number of carbonyl (C=O) groups excluding carboxylic acids is 1.